The molecule has 2 rings (SSSR count). The van der Waals surface area contributed by atoms with E-state index in [9.17, 15) is 9.59 Å². The Kier molecular flexibility index (Phi) is 5.78. The molecule has 0 heterocycles. The molecule has 6 nitrogen and oxygen atoms in total. The van der Waals surface area contributed by atoms with Gasteiger partial charge in [-0.05, 0) is 49.7 Å². The summed E-state index contributed by atoms with van der Waals surface area (Å²) in [6.45, 7) is 3.63. The number of anilines is 2. The van der Waals surface area contributed by atoms with Crippen molar-refractivity contribution in [2.45, 2.75) is 20.0 Å². The minimum atomic E-state index is -0.663. The van der Waals surface area contributed by atoms with Crippen molar-refractivity contribution >= 4 is 23.4 Å². The van der Waals surface area contributed by atoms with E-state index in [2.05, 4.69) is 15.4 Å². The summed E-state index contributed by atoms with van der Waals surface area (Å²) in [6, 6.07) is 14.3. The second-order valence-corrected chi connectivity index (χ2v) is 5.26. The highest BCUT2D eigenvalue weighted by atomic mass is 16.5. The van der Waals surface area contributed by atoms with Gasteiger partial charge >= 0.3 is 6.09 Å². The molecule has 0 aliphatic carbocycles. The zero-order valence-electron chi connectivity index (χ0n) is 13.8. The minimum absolute atomic E-state index is 0.285. The van der Waals surface area contributed by atoms with Crippen molar-refractivity contribution in [2.75, 3.05) is 17.7 Å². The zero-order chi connectivity index (χ0) is 17.5. The van der Waals surface area contributed by atoms with E-state index >= 15 is 0 Å². The van der Waals surface area contributed by atoms with Crippen LogP contribution in [0, 0.1) is 6.92 Å². The zero-order valence-corrected chi connectivity index (χ0v) is 13.8. The largest absolute Gasteiger partial charge is 0.481 e. The van der Waals surface area contributed by atoms with E-state index in [1.807, 2.05) is 25.1 Å². The molecule has 1 unspecified atom stereocenters. The lowest BCUT2D eigenvalue weighted by molar-refractivity contribution is -0.122. The van der Waals surface area contributed by atoms with Crippen molar-refractivity contribution in [2.24, 2.45) is 0 Å². The van der Waals surface area contributed by atoms with Crippen LogP contribution >= 0.6 is 0 Å². The highest BCUT2D eigenvalue weighted by molar-refractivity contribution is 5.95. The van der Waals surface area contributed by atoms with Crippen molar-refractivity contribution < 1.29 is 19.1 Å². The Morgan fingerprint density at radius 1 is 1.00 bits per heavy atom. The van der Waals surface area contributed by atoms with Gasteiger partial charge in [0.05, 0.1) is 7.11 Å². The molecule has 0 aliphatic rings. The number of carbonyl (C=O) groups is 2. The molecular weight excluding hydrogens is 308 g/mol. The van der Waals surface area contributed by atoms with E-state index < -0.39 is 12.2 Å². The Hall–Kier alpha value is -3.02. The highest BCUT2D eigenvalue weighted by Crippen LogP contribution is 2.17. The van der Waals surface area contributed by atoms with Crippen LogP contribution in [0.15, 0.2) is 48.5 Å². The third-order valence-electron chi connectivity index (χ3n) is 3.23. The predicted molar refractivity (Wildman–Crippen MR) is 92.4 cm³/mol. The third kappa shape index (κ3) is 5.01. The number of amides is 2. The number of nitrogens with one attached hydrogen (secondary N) is 2. The van der Waals surface area contributed by atoms with Crippen molar-refractivity contribution in [1.82, 2.24) is 0 Å². The van der Waals surface area contributed by atoms with Gasteiger partial charge in [0, 0.05) is 11.4 Å². The van der Waals surface area contributed by atoms with Gasteiger partial charge in [-0.25, -0.2) is 4.79 Å². The van der Waals surface area contributed by atoms with Gasteiger partial charge in [0.15, 0.2) is 6.10 Å². The smallest absolute Gasteiger partial charge is 0.411 e. The normalized spacial score (nSPS) is 11.3. The molecule has 0 spiro atoms. The Labute approximate surface area is 140 Å². The highest BCUT2D eigenvalue weighted by Gasteiger charge is 2.15. The molecule has 24 heavy (non-hydrogen) atoms. The molecule has 0 aliphatic heterocycles. The Morgan fingerprint density at radius 2 is 1.67 bits per heavy atom. The molecule has 0 bridgehead atoms. The first-order valence-electron chi connectivity index (χ1n) is 7.47. The summed E-state index contributed by atoms with van der Waals surface area (Å²) in [6.07, 6.45) is -1.24. The van der Waals surface area contributed by atoms with Crippen LogP contribution in [-0.2, 0) is 9.53 Å². The number of rotatable bonds is 5. The fourth-order valence-electron chi connectivity index (χ4n) is 2.03. The SMILES string of the molecule is COC(=O)Nc1cccc(NC(=O)C(C)Oc2cccc(C)c2)c1. The number of aryl methyl sites for hydroxylation is 1. The lowest BCUT2D eigenvalue weighted by Gasteiger charge is -2.15. The lowest BCUT2D eigenvalue weighted by Crippen LogP contribution is -2.30. The molecule has 0 saturated heterocycles. The second-order valence-electron chi connectivity index (χ2n) is 5.26. The van der Waals surface area contributed by atoms with Gasteiger partial charge in [-0.2, -0.15) is 0 Å². The molecule has 0 aromatic heterocycles. The average Bonchev–Trinajstić information content (AvgIpc) is 2.55. The number of hydrogen-bond donors (Lipinski definition) is 2. The monoisotopic (exact) mass is 328 g/mol. The summed E-state index contributed by atoms with van der Waals surface area (Å²) in [5.41, 5.74) is 2.13. The number of methoxy groups -OCH3 is 1. The average molecular weight is 328 g/mol. The van der Waals surface area contributed by atoms with E-state index in [0.717, 1.165) is 5.56 Å². The predicted octanol–water partition coefficient (Wildman–Crippen LogP) is 3.58. The van der Waals surface area contributed by atoms with Crippen LogP contribution in [0.1, 0.15) is 12.5 Å². The summed E-state index contributed by atoms with van der Waals surface area (Å²) in [4.78, 5) is 23.5. The first kappa shape index (κ1) is 17.3. The third-order valence-corrected chi connectivity index (χ3v) is 3.23. The van der Waals surface area contributed by atoms with Crippen molar-refractivity contribution in [1.29, 1.82) is 0 Å². The molecule has 0 fully saturated rings. The maximum atomic E-state index is 12.2. The van der Waals surface area contributed by atoms with Crippen LogP contribution in [0.3, 0.4) is 0 Å². The maximum absolute atomic E-state index is 12.2. The summed E-state index contributed by atoms with van der Waals surface area (Å²) in [7, 11) is 1.28. The van der Waals surface area contributed by atoms with E-state index in [0.29, 0.717) is 17.1 Å². The van der Waals surface area contributed by atoms with Crippen LogP contribution in [0.4, 0.5) is 16.2 Å². The van der Waals surface area contributed by atoms with Crippen LogP contribution < -0.4 is 15.4 Å². The van der Waals surface area contributed by atoms with Gasteiger partial charge in [0.2, 0.25) is 0 Å². The Balaban J connectivity index is 1.98. The first-order valence-corrected chi connectivity index (χ1v) is 7.47. The lowest BCUT2D eigenvalue weighted by atomic mass is 10.2. The van der Waals surface area contributed by atoms with Gasteiger partial charge < -0.3 is 14.8 Å². The second kappa shape index (κ2) is 8.01. The molecule has 0 radical (unpaired) electrons. The Bertz CT molecular complexity index is 730. The summed E-state index contributed by atoms with van der Waals surface area (Å²) >= 11 is 0. The van der Waals surface area contributed by atoms with E-state index in [1.54, 1.807) is 37.3 Å². The van der Waals surface area contributed by atoms with Crippen LogP contribution in [-0.4, -0.2) is 25.2 Å². The first-order chi connectivity index (χ1) is 11.5. The van der Waals surface area contributed by atoms with E-state index in [-0.39, 0.29) is 5.91 Å². The van der Waals surface area contributed by atoms with Gasteiger partial charge in [0.1, 0.15) is 5.75 Å². The molecule has 2 aromatic carbocycles. The maximum Gasteiger partial charge on any atom is 0.411 e. The fourth-order valence-corrected chi connectivity index (χ4v) is 2.03. The molecule has 126 valence electrons. The van der Waals surface area contributed by atoms with Gasteiger partial charge in [-0.15, -0.1) is 0 Å². The molecule has 1 atom stereocenters. The summed E-state index contributed by atoms with van der Waals surface area (Å²) in [5, 5.41) is 5.29. The topological polar surface area (TPSA) is 76.7 Å². The van der Waals surface area contributed by atoms with Crippen LogP contribution in [0.5, 0.6) is 5.75 Å². The van der Waals surface area contributed by atoms with E-state index in [4.69, 9.17) is 4.74 Å². The van der Waals surface area contributed by atoms with Gasteiger partial charge in [-0.1, -0.05) is 18.2 Å². The quantitative estimate of drug-likeness (QED) is 0.879. The van der Waals surface area contributed by atoms with Crippen LogP contribution in [0.25, 0.3) is 0 Å². The van der Waals surface area contributed by atoms with Gasteiger partial charge in [0.25, 0.3) is 5.91 Å². The van der Waals surface area contributed by atoms with Crippen molar-refractivity contribution in [3.63, 3.8) is 0 Å². The molecule has 2 amide bonds. The standard InChI is InChI=1S/C18H20N2O4/c1-12-6-4-9-16(10-12)24-13(2)17(21)19-14-7-5-8-15(11-14)20-18(22)23-3/h4-11,13H,1-3H3,(H,19,21)(H,20,22). The number of hydrogen-bond acceptors (Lipinski definition) is 4. The molecule has 0 saturated carbocycles. The number of ether oxygens (including phenoxy) is 2. The molecular formula is C18H20N2O4. The molecule has 2 aromatic rings. The molecule has 2 N–H and O–H groups in total. The summed E-state index contributed by atoms with van der Waals surface area (Å²) < 4.78 is 10.2. The van der Waals surface area contributed by atoms with Crippen molar-refractivity contribution in [3.8, 4) is 5.75 Å². The van der Waals surface area contributed by atoms with Gasteiger partial charge in [-0.3, -0.25) is 10.1 Å². The van der Waals surface area contributed by atoms with Crippen LogP contribution in [0.2, 0.25) is 0 Å². The molecule has 6 heteroatoms. The summed E-state index contributed by atoms with van der Waals surface area (Å²) in [5.74, 6) is 0.352. The number of carbonyl (C=O) groups excluding carboxylic acids is 2. The van der Waals surface area contributed by atoms with Crippen molar-refractivity contribution in [3.05, 3.63) is 54.1 Å². The Morgan fingerprint density at radius 3 is 2.33 bits per heavy atom. The minimum Gasteiger partial charge on any atom is -0.481 e. The van der Waals surface area contributed by atoms with E-state index in [1.165, 1.54) is 7.11 Å². The number of benzene rings is 2. The fraction of sp³-hybridized carbons (Fsp3) is 0.222.